The van der Waals surface area contributed by atoms with Crippen molar-refractivity contribution in [2.45, 2.75) is 32.0 Å². The van der Waals surface area contributed by atoms with E-state index in [2.05, 4.69) is 26.7 Å². The zero-order valence-electron chi connectivity index (χ0n) is 11.7. The lowest BCUT2D eigenvalue weighted by Crippen LogP contribution is -2.63. The summed E-state index contributed by atoms with van der Waals surface area (Å²) in [5.74, 6) is 0.715. The van der Waals surface area contributed by atoms with Gasteiger partial charge in [-0.1, -0.05) is 18.2 Å². The van der Waals surface area contributed by atoms with Crippen molar-refractivity contribution in [2.75, 3.05) is 6.54 Å². The Balaban J connectivity index is 2.09. The first kappa shape index (κ1) is 14.2. The quantitative estimate of drug-likeness (QED) is 0.819. The zero-order chi connectivity index (χ0) is 14.4. The number of piperazine rings is 1. The Morgan fingerprint density at radius 1 is 1.35 bits per heavy atom. The molecule has 2 rings (SSSR count). The van der Waals surface area contributed by atoms with Crippen LogP contribution >= 0.6 is 0 Å². The summed E-state index contributed by atoms with van der Waals surface area (Å²) >= 11 is 0. The summed E-state index contributed by atoms with van der Waals surface area (Å²) in [6.45, 7) is 4.67. The number of aliphatic imine (C=N–C) groups is 2. The van der Waals surface area contributed by atoms with Crippen molar-refractivity contribution in [3.63, 3.8) is 0 Å². The number of benzene rings is 1. The molecule has 2 N–H and O–H groups in total. The van der Waals surface area contributed by atoms with Crippen molar-refractivity contribution < 1.29 is 0 Å². The molecule has 0 aromatic heterocycles. The fourth-order valence-electron chi connectivity index (χ4n) is 2.08. The molecule has 0 saturated carbocycles. The monoisotopic (exact) mass is 269 g/mol. The van der Waals surface area contributed by atoms with Crippen LogP contribution < -0.4 is 10.6 Å². The molecule has 3 atom stereocenters. The lowest BCUT2D eigenvalue weighted by Gasteiger charge is -2.33. The normalized spacial score (nSPS) is 28.2. The fourth-order valence-corrected chi connectivity index (χ4v) is 2.08. The summed E-state index contributed by atoms with van der Waals surface area (Å²) in [6, 6.07) is 11.7. The van der Waals surface area contributed by atoms with Crippen LogP contribution in [0.25, 0.3) is 0 Å². The van der Waals surface area contributed by atoms with Crippen molar-refractivity contribution in [3.8, 4) is 6.07 Å². The Hall–Kier alpha value is -2.19. The molecule has 0 radical (unpaired) electrons. The number of rotatable bonds is 3. The van der Waals surface area contributed by atoms with E-state index in [0.717, 1.165) is 5.69 Å². The van der Waals surface area contributed by atoms with E-state index < -0.39 is 6.04 Å². The van der Waals surface area contributed by atoms with Gasteiger partial charge in [-0.2, -0.15) is 5.26 Å². The Morgan fingerprint density at radius 3 is 2.75 bits per heavy atom. The second-order valence-corrected chi connectivity index (χ2v) is 4.66. The fraction of sp³-hybridized carbons (Fsp3) is 0.400. The Morgan fingerprint density at radius 2 is 2.10 bits per heavy atom. The van der Waals surface area contributed by atoms with Crippen LogP contribution in [0.5, 0.6) is 0 Å². The molecular formula is C15H19N5. The van der Waals surface area contributed by atoms with Gasteiger partial charge in [-0.15, -0.1) is 0 Å². The summed E-state index contributed by atoms with van der Waals surface area (Å²) in [5, 5.41) is 15.7. The maximum absolute atomic E-state index is 9.20. The summed E-state index contributed by atoms with van der Waals surface area (Å²) in [5.41, 5.74) is 0.906. The molecule has 3 unspecified atom stereocenters. The van der Waals surface area contributed by atoms with Gasteiger partial charge < -0.3 is 5.32 Å². The topological polar surface area (TPSA) is 72.6 Å². The highest BCUT2D eigenvalue weighted by Crippen LogP contribution is 2.10. The SMILES string of the molecule is CCN=C1NC(C)C(C=Nc2ccccc2)NC1C#N. The van der Waals surface area contributed by atoms with E-state index >= 15 is 0 Å². The maximum Gasteiger partial charge on any atom is 0.154 e. The van der Waals surface area contributed by atoms with Gasteiger partial charge in [0.2, 0.25) is 0 Å². The van der Waals surface area contributed by atoms with Crippen molar-refractivity contribution in [2.24, 2.45) is 9.98 Å². The molecule has 5 nitrogen and oxygen atoms in total. The number of nitriles is 1. The molecule has 1 heterocycles. The number of hydrogen-bond acceptors (Lipinski definition) is 4. The van der Waals surface area contributed by atoms with E-state index in [1.54, 1.807) is 0 Å². The molecular weight excluding hydrogens is 250 g/mol. The van der Waals surface area contributed by atoms with Crippen LogP contribution in [0.2, 0.25) is 0 Å². The third-order valence-corrected chi connectivity index (χ3v) is 3.14. The van der Waals surface area contributed by atoms with E-state index in [-0.39, 0.29) is 12.1 Å². The molecule has 0 bridgehead atoms. The molecule has 1 fully saturated rings. The van der Waals surface area contributed by atoms with E-state index in [1.165, 1.54) is 0 Å². The number of hydrogen-bond donors (Lipinski definition) is 2. The van der Waals surface area contributed by atoms with E-state index in [9.17, 15) is 5.26 Å². The molecule has 1 saturated heterocycles. The van der Waals surface area contributed by atoms with Gasteiger partial charge in [0.15, 0.2) is 6.04 Å². The third-order valence-electron chi connectivity index (χ3n) is 3.14. The van der Waals surface area contributed by atoms with Gasteiger partial charge in [0, 0.05) is 18.8 Å². The smallest absolute Gasteiger partial charge is 0.154 e. The van der Waals surface area contributed by atoms with Gasteiger partial charge in [0.1, 0.15) is 5.84 Å². The Kier molecular flexibility index (Phi) is 4.85. The summed E-state index contributed by atoms with van der Waals surface area (Å²) in [6.07, 6.45) is 1.85. The van der Waals surface area contributed by atoms with Crippen molar-refractivity contribution >= 4 is 17.7 Å². The van der Waals surface area contributed by atoms with Gasteiger partial charge in [0.25, 0.3) is 0 Å². The largest absolute Gasteiger partial charge is 0.367 e. The van der Waals surface area contributed by atoms with Crippen molar-refractivity contribution in [3.05, 3.63) is 30.3 Å². The lowest BCUT2D eigenvalue weighted by molar-refractivity contribution is 0.471. The highest BCUT2D eigenvalue weighted by atomic mass is 15.2. The van der Waals surface area contributed by atoms with Crippen LogP contribution in [-0.4, -0.2) is 36.7 Å². The first-order valence-electron chi connectivity index (χ1n) is 6.80. The summed E-state index contributed by atoms with van der Waals surface area (Å²) in [7, 11) is 0. The molecule has 20 heavy (non-hydrogen) atoms. The second kappa shape index (κ2) is 6.83. The molecule has 0 amide bonds. The molecule has 1 aromatic carbocycles. The van der Waals surface area contributed by atoms with Gasteiger partial charge >= 0.3 is 0 Å². The minimum absolute atomic E-state index is 0.00402. The van der Waals surface area contributed by atoms with E-state index in [0.29, 0.717) is 12.4 Å². The van der Waals surface area contributed by atoms with Gasteiger partial charge in [-0.05, 0) is 26.0 Å². The molecule has 1 aromatic rings. The zero-order valence-corrected chi connectivity index (χ0v) is 11.7. The van der Waals surface area contributed by atoms with Gasteiger partial charge in [-0.3, -0.25) is 15.3 Å². The van der Waals surface area contributed by atoms with Gasteiger partial charge in [0.05, 0.1) is 17.8 Å². The molecule has 104 valence electrons. The minimum atomic E-state index is -0.404. The summed E-state index contributed by atoms with van der Waals surface area (Å²) in [4.78, 5) is 8.76. The predicted molar refractivity (Wildman–Crippen MR) is 81.5 cm³/mol. The Bertz CT molecular complexity index is 529. The maximum atomic E-state index is 9.20. The predicted octanol–water partition coefficient (Wildman–Crippen LogP) is 1.65. The molecule has 1 aliphatic rings. The second-order valence-electron chi connectivity index (χ2n) is 4.66. The van der Waals surface area contributed by atoms with Gasteiger partial charge in [-0.25, -0.2) is 0 Å². The van der Waals surface area contributed by atoms with Crippen molar-refractivity contribution in [1.29, 1.82) is 5.26 Å². The number of amidine groups is 1. The minimum Gasteiger partial charge on any atom is -0.367 e. The molecule has 0 spiro atoms. The van der Waals surface area contributed by atoms with Crippen LogP contribution in [0, 0.1) is 11.3 Å². The number of nitrogens with one attached hydrogen (secondary N) is 2. The highest BCUT2D eigenvalue weighted by molar-refractivity contribution is 5.92. The molecule has 0 aliphatic carbocycles. The van der Waals surface area contributed by atoms with Crippen LogP contribution in [0.3, 0.4) is 0 Å². The van der Waals surface area contributed by atoms with Crippen molar-refractivity contribution in [1.82, 2.24) is 10.6 Å². The van der Waals surface area contributed by atoms with Crippen LogP contribution in [0.4, 0.5) is 5.69 Å². The average molecular weight is 269 g/mol. The average Bonchev–Trinajstić information content (AvgIpc) is 2.48. The Labute approximate surface area is 119 Å². The first-order valence-corrected chi connectivity index (χ1v) is 6.80. The lowest BCUT2D eigenvalue weighted by atomic mass is 10.0. The number of para-hydroxylation sites is 1. The van der Waals surface area contributed by atoms with Crippen LogP contribution in [-0.2, 0) is 0 Å². The van der Waals surface area contributed by atoms with E-state index in [1.807, 2.05) is 50.4 Å². The van der Waals surface area contributed by atoms with Crippen LogP contribution in [0.1, 0.15) is 13.8 Å². The molecule has 5 heteroatoms. The third kappa shape index (κ3) is 3.43. The highest BCUT2D eigenvalue weighted by Gasteiger charge is 2.29. The first-order chi connectivity index (χ1) is 9.74. The standard InChI is InChI=1S/C15H19N5/c1-3-17-15-13(9-16)20-14(11(2)19-15)10-18-12-7-5-4-6-8-12/h4-8,10-11,13-14,20H,3H2,1-2H3,(H,17,19). The van der Waals surface area contributed by atoms with E-state index in [4.69, 9.17) is 0 Å². The summed E-state index contributed by atoms with van der Waals surface area (Å²) < 4.78 is 0. The number of nitrogens with zero attached hydrogens (tertiary/aromatic N) is 3. The van der Waals surface area contributed by atoms with Crippen LogP contribution in [0.15, 0.2) is 40.3 Å². The molecule has 1 aliphatic heterocycles.